The van der Waals surface area contributed by atoms with E-state index in [1.807, 2.05) is 0 Å². The lowest BCUT2D eigenvalue weighted by Crippen LogP contribution is -2.30. The van der Waals surface area contributed by atoms with Gasteiger partial charge in [-0.3, -0.25) is 4.31 Å². The molecule has 0 atom stereocenters. The second kappa shape index (κ2) is 6.13. The largest absolute Gasteiger partial charge is 0.388 e. The molecule has 0 amide bonds. The second-order valence-electron chi connectivity index (χ2n) is 4.42. The number of anilines is 2. The van der Waals surface area contributed by atoms with E-state index in [2.05, 4.69) is 5.32 Å². The zero-order valence-electron chi connectivity index (χ0n) is 11.9. The maximum atomic E-state index is 13.3. The minimum absolute atomic E-state index is 0.174. The van der Waals surface area contributed by atoms with E-state index in [0.717, 1.165) is 5.69 Å². The highest BCUT2D eigenvalue weighted by Gasteiger charge is 2.23. The smallest absolute Gasteiger partial charge is 0.264 e. The van der Waals surface area contributed by atoms with Gasteiger partial charge in [0.1, 0.15) is 5.82 Å². The van der Waals surface area contributed by atoms with E-state index in [1.165, 1.54) is 34.6 Å². The van der Waals surface area contributed by atoms with Crippen molar-refractivity contribution in [3.05, 3.63) is 54.3 Å². The Morgan fingerprint density at radius 3 is 2.33 bits per heavy atom. The molecule has 0 unspecified atom stereocenters. The van der Waals surface area contributed by atoms with Crippen molar-refractivity contribution in [3.8, 4) is 0 Å². The van der Waals surface area contributed by atoms with Gasteiger partial charge in [-0.15, -0.1) is 0 Å². The molecule has 2 rings (SSSR count). The fraction of sp³-hybridized carbons (Fsp3) is 0.200. The highest BCUT2D eigenvalue weighted by atomic mass is 32.2. The van der Waals surface area contributed by atoms with Gasteiger partial charge in [0.25, 0.3) is 10.0 Å². The van der Waals surface area contributed by atoms with Crippen molar-refractivity contribution >= 4 is 21.4 Å². The summed E-state index contributed by atoms with van der Waals surface area (Å²) in [5.74, 6) is -0.466. The Bertz CT molecular complexity index is 715. The van der Waals surface area contributed by atoms with Gasteiger partial charge in [0.15, 0.2) is 0 Å². The van der Waals surface area contributed by atoms with Crippen LogP contribution in [0.3, 0.4) is 0 Å². The number of nitrogens with zero attached hydrogens (tertiary/aromatic N) is 1. The Morgan fingerprint density at radius 1 is 1.14 bits per heavy atom. The van der Waals surface area contributed by atoms with Gasteiger partial charge in [0.05, 0.1) is 10.6 Å². The first-order chi connectivity index (χ1) is 9.98. The van der Waals surface area contributed by atoms with Gasteiger partial charge >= 0.3 is 0 Å². The first-order valence-electron chi connectivity index (χ1n) is 6.55. The molecular weight excluding hydrogens is 291 g/mol. The monoisotopic (exact) mass is 308 g/mol. The molecule has 21 heavy (non-hydrogen) atoms. The lowest BCUT2D eigenvalue weighted by molar-refractivity contribution is 0.591. The molecule has 0 aromatic heterocycles. The van der Waals surface area contributed by atoms with Crippen LogP contribution in [-0.4, -0.2) is 22.0 Å². The molecule has 0 bridgehead atoms. The number of hydrogen-bond acceptors (Lipinski definition) is 3. The Balaban J connectivity index is 2.44. The average molecular weight is 308 g/mol. The third-order valence-electron chi connectivity index (χ3n) is 3.11. The molecule has 112 valence electrons. The molecule has 0 saturated heterocycles. The molecule has 0 aliphatic carbocycles. The summed E-state index contributed by atoms with van der Waals surface area (Å²) in [4.78, 5) is 0.174. The van der Waals surface area contributed by atoms with E-state index in [9.17, 15) is 12.8 Å². The van der Waals surface area contributed by atoms with E-state index >= 15 is 0 Å². The average Bonchev–Trinajstić information content (AvgIpc) is 2.48. The Labute approximate surface area is 124 Å². The van der Waals surface area contributed by atoms with E-state index in [-0.39, 0.29) is 11.4 Å². The quantitative estimate of drug-likeness (QED) is 0.923. The van der Waals surface area contributed by atoms with Crippen molar-refractivity contribution in [2.24, 2.45) is 0 Å². The van der Waals surface area contributed by atoms with Crippen LogP contribution >= 0.6 is 0 Å². The number of nitrogens with one attached hydrogen (secondary N) is 1. The molecule has 0 aliphatic heterocycles. The van der Waals surface area contributed by atoms with E-state index in [1.54, 1.807) is 32.2 Å². The lowest BCUT2D eigenvalue weighted by Gasteiger charge is -2.23. The van der Waals surface area contributed by atoms with Crippen molar-refractivity contribution in [2.45, 2.75) is 11.8 Å². The molecule has 1 N–H and O–H groups in total. The number of hydrogen-bond donors (Lipinski definition) is 1. The van der Waals surface area contributed by atoms with Crippen molar-refractivity contribution < 1.29 is 12.8 Å². The third kappa shape index (κ3) is 3.16. The van der Waals surface area contributed by atoms with Crippen LogP contribution in [0.1, 0.15) is 6.92 Å². The summed E-state index contributed by atoms with van der Waals surface area (Å²) in [6.45, 7) is 1.93. The van der Waals surface area contributed by atoms with Gasteiger partial charge in [0, 0.05) is 19.3 Å². The number of rotatable bonds is 5. The molecular formula is C15H17FN2O2S. The van der Waals surface area contributed by atoms with Crippen molar-refractivity contribution in [3.63, 3.8) is 0 Å². The summed E-state index contributed by atoms with van der Waals surface area (Å²) in [6.07, 6.45) is 0. The molecule has 4 nitrogen and oxygen atoms in total. The Morgan fingerprint density at radius 2 is 1.81 bits per heavy atom. The SMILES string of the molecule is CCN(c1cccc(F)c1)S(=O)(=O)c1ccc(NC)cc1. The van der Waals surface area contributed by atoms with Crippen molar-refractivity contribution in [2.75, 3.05) is 23.2 Å². The summed E-state index contributed by atoms with van der Waals surface area (Å²) in [6, 6.07) is 12.0. The lowest BCUT2D eigenvalue weighted by atomic mass is 10.3. The van der Waals surface area contributed by atoms with E-state index < -0.39 is 15.8 Å². The first kappa shape index (κ1) is 15.3. The maximum Gasteiger partial charge on any atom is 0.264 e. The zero-order valence-corrected chi connectivity index (χ0v) is 12.7. The van der Waals surface area contributed by atoms with Crippen LogP contribution in [0.4, 0.5) is 15.8 Å². The fourth-order valence-corrected chi connectivity index (χ4v) is 3.51. The van der Waals surface area contributed by atoms with Crippen LogP contribution < -0.4 is 9.62 Å². The van der Waals surface area contributed by atoms with Crippen LogP contribution in [0, 0.1) is 5.82 Å². The van der Waals surface area contributed by atoms with Gasteiger partial charge in [-0.2, -0.15) is 0 Å². The number of halogens is 1. The van der Waals surface area contributed by atoms with Crippen LogP contribution in [0.5, 0.6) is 0 Å². The molecule has 0 heterocycles. The van der Waals surface area contributed by atoms with Crippen molar-refractivity contribution in [1.82, 2.24) is 0 Å². The topological polar surface area (TPSA) is 49.4 Å². The predicted octanol–water partition coefficient (Wildman–Crippen LogP) is 3.08. The molecule has 2 aromatic rings. The zero-order chi connectivity index (χ0) is 15.5. The highest BCUT2D eigenvalue weighted by Crippen LogP contribution is 2.24. The first-order valence-corrected chi connectivity index (χ1v) is 7.99. The van der Waals surface area contributed by atoms with Crippen LogP contribution in [0.2, 0.25) is 0 Å². The molecule has 2 aromatic carbocycles. The molecule has 0 spiro atoms. The third-order valence-corrected chi connectivity index (χ3v) is 5.03. The summed E-state index contributed by atoms with van der Waals surface area (Å²) in [5.41, 5.74) is 1.14. The minimum atomic E-state index is -3.71. The van der Waals surface area contributed by atoms with Gasteiger partial charge in [-0.25, -0.2) is 12.8 Å². The maximum absolute atomic E-state index is 13.3. The molecule has 0 radical (unpaired) electrons. The molecule has 0 saturated carbocycles. The molecule has 6 heteroatoms. The van der Waals surface area contributed by atoms with E-state index in [4.69, 9.17) is 0 Å². The second-order valence-corrected chi connectivity index (χ2v) is 6.29. The number of sulfonamides is 1. The molecule has 0 fully saturated rings. The Hall–Kier alpha value is -2.08. The fourth-order valence-electron chi connectivity index (χ4n) is 2.04. The van der Waals surface area contributed by atoms with E-state index in [0.29, 0.717) is 5.69 Å². The van der Waals surface area contributed by atoms with Crippen LogP contribution in [-0.2, 0) is 10.0 Å². The van der Waals surface area contributed by atoms with Gasteiger partial charge < -0.3 is 5.32 Å². The summed E-state index contributed by atoms with van der Waals surface area (Å²) in [7, 11) is -1.95. The normalized spacial score (nSPS) is 11.2. The molecule has 0 aliphatic rings. The van der Waals surface area contributed by atoms with Crippen molar-refractivity contribution in [1.29, 1.82) is 0 Å². The van der Waals surface area contributed by atoms with Crippen LogP contribution in [0.15, 0.2) is 53.4 Å². The van der Waals surface area contributed by atoms with Gasteiger partial charge in [-0.1, -0.05) is 6.07 Å². The Kier molecular flexibility index (Phi) is 4.47. The summed E-state index contributed by atoms with van der Waals surface area (Å²) >= 11 is 0. The predicted molar refractivity (Wildman–Crippen MR) is 82.6 cm³/mol. The highest BCUT2D eigenvalue weighted by molar-refractivity contribution is 7.92. The van der Waals surface area contributed by atoms with Gasteiger partial charge in [-0.05, 0) is 49.4 Å². The summed E-state index contributed by atoms with van der Waals surface area (Å²) in [5, 5.41) is 2.93. The minimum Gasteiger partial charge on any atom is -0.388 e. The summed E-state index contributed by atoms with van der Waals surface area (Å²) < 4.78 is 39.8. The van der Waals surface area contributed by atoms with Gasteiger partial charge in [0.2, 0.25) is 0 Å². The van der Waals surface area contributed by atoms with Crippen LogP contribution in [0.25, 0.3) is 0 Å². The number of benzene rings is 2. The standard InChI is InChI=1S/C15H17FN2O2S/c1-3-18(14-6-4-5-12(16)11-14)21(19,20)15-9-7-13(17-2)8-10-15/h4-11,17H,3H2,1-2H3.